The van der Waals surface area contributed by atoms with Crippen LogP contribution < -0.4 is 5.84 Å². The smallest absolute Gasteiger partial charge is 0.264 e. The number of hydrogen-bond donors (Lipinski definition) is 3. The minimum Gasteiger partial charge on any atom is -0.379 e. The molecule has 4 N–H and O–H groups in total. The van der Waals surface area contributed by atoms with Gasteiger partial charge in [-0.1, -0.05) is 38.1 Å². The normalized spacial score (nSPS) is 14.2. The number of benzene rings is 1. The van der Waals surface area contributed by atoms with Crippen molar-refractivity contribution in [3.63, 3.8) is 0 Å². The molecule has 1 aromatic carbocycles. The van der Waals surface area contributed by atoms with Crippen molar-refractivity contribution in [2.24, 2.45) is 5.84 Å². The van der Waals surface area contributed by atoms with Crippen molar-refractivity contribution >= 4 is 31.1 Å². The van der Waals surface area contributed by atoms with Crippen LogP contribution in [0.15, 0.2) is 42.6 Å². The van der Waals surface area contributed by atoms with Gasteiger partial charge in [0.25, 0.3) is 20.2 Å². The maximum absolute atomic E-state index is 9.79. The van der Waals surface area contributed by atoms with Crippen LogP contribution >= 0.6 is 0 Å². The third-order valence-electron chi connectivity index (χ3n) is 3.48. The first kappa shape index (κ1) is 29.3. The van der Waals surface area contributed by atoms with Gasteiger partial charge in [-0.15, -0.1) is 0 Å². The summed E-state index contributed by atoms with van der Waals surface area (Å²) in [5, 5.41) is 2.97. The van der Waals surface area contributed by atoms with Gasteiger partial charge in [-0.25, -0.2) is 5.01 Å². The van der Waals surface area contributed by atoms with Crippen molar-refractivity contribution in [2.45, 2.75) is 26.7 Å². The zero-order chi connectivity index (χ0) is 23.8. The molecule has 0 spiro atoms. The third-order valence-corrected chi connectivity index (χ3v) is 5.33. The number of hydrazine groups is 1. The number of ether oxygens (including phenoxy) is 1. The third kappa shape index (κ3) is 18.8. The molecule has 0 radical (unpaired) electrons. The van der Waals surface area contributed by atoms with E-state index >= 15 is 0 Å². The maximum atomic E-state index is 9.79. The molecule has 1 aromatic heterocycles. The molecule has 0 atom stereocenters. The first-order chi connectivity index (χ1) is 14.5. The van der Waals surface area contributed by atoms with Crippen LogP contribution in [0.3, 0.4) is 0 Å². The molecule has 0 aliphatic carbocycles. The number of rotatable bonds is 4. The van der Waals surface area contributed by atoms with E-state index in [0.717, 1.165) is 31.8 Å². The summed E-state index contributed by atoms with van der Waals surface area (Å²) in [7, 11) is -7.35. The Hall–Kier alpha value is -1.67. The Bertz CT molecular complexity index is 833. The maximum Gasteiger partial charge on any atom is 0.264 e. The molecule has 178 valence electrons. The Morgan fingerprint density at radius 1 is 0.935 bits per heavy atom. The van der Waals surface area contributed by atoms with Gasteiger partial charge in [0.15, 0.2) is 0 Å². The Morgan fingerprint density at radius 3 is 1.77 bits per heavy atom. The van der Waals surface area contributed by atoms with E-state index in [9.17, 15) is 16.8 Å². The molecular formula is C19H33N3O7S2. The molecule has 12 heteroatoms. The SMILES string of the molecule is CCCS(=O)(=O)O.CCCS(=O)(=O)O.NN1CCOCC1.c1ccc2ncccc2c1. The number of morpholine rings is 1. The lowest BCUT2D eigenvalue weighted by molar-refractivity contribution is 0.0378. The summed E-state index contributed by atoms with van der Waals surface area (Å²) in [5.74, 6) is 5.12. The fourth-order valence-corrected chi connectivity index (χ4v) is 3.14. The number of pyridine rings is 1. The van der Waals surface area contributed by atoms with Crippen molar-refractivity contribution in [1.82, 2.24) is 9.99 Å². The molecule has 3 rings (SSSR count). The van der Waals surface area contributed by atoms with E-state index in [-0.39, 0.29) is 11.5 Å². The fraction of sp³-hybridized carbons (Fsp3) is 0.526. The number of hydrogen-bond acceptors (Lipinski definition) is 8. The van der Waals surface area contributed by atoms with E-state index in [1.54, 1.807) is 18.9 Å². The summed E-state index contributed by atoms with van der Waals surface area (Å²) < 4.78 is 60.1. The first-order valence-corrected chi connectivity index (χ1v) is 13.0. The average molecular weight is 480 g/mol. The zero-order valence-electron chi connectivity index (χ0n) is 17.9. The van der Waals surface area contributed by atoms with Gasteiger partial charge in [0.05, 0.1) is 30.2 Å². The second-order valence-electron chi connectivity index (χ2n) is 6.42. The Morgan fingerprint density at radius 2 is 1.42 bits per heavy atom. The molecule has 1 fully saturated rings. The van der Waals surface area contributed by atoms with E-state index in [1.807, 2.05) is 30.5 Å². The van der Waals surface area contributed by atoms with Crippen LogP contribution in [0.25, 0.3) is 10.9 Å². The lowest BCUT2D eigenvalue weighted by atomic mass is 10.2. The van der Waals surface area contributed by atoms with Crippen LogP contribution in [0.5, 0.6) is 0 Å². The highest BCUT2D eigenvalue weighted by molar-refractivity contribution is 7.86. The van der Waals surface area contributed by atoms with Crippen molar-refractivity contribution in [1.29, 1.82) is 0 Å². The van der Waals surface area contributed by atoms with Crippen LogP contribution in [0.1, 0.15) is 26.7 Å². The summed E-state index contributed by atoms with van der Waals surface area (Å²) >= 11 is 0. The van der Waals surface area contributed by atoms with Gasteiger partial charge in [0.1, 0.15) is 0 Å². The minimum atomic E-state index is -3.67. The van der Waals surface area contributed by atoms with E-state index in [2.05, 4.69) is 17.1 Å². The Labute approximate surface area is 184 Å². The molecule has 1 saturated heterocycles. The summed E-state index contributed by atoms with van der Waals surface area (Å²) in [6.07, 6.45) is 2.75. The average Bonchev–Trinajstić information content (AvgIpc) is 2.68. The molecule has 2 aromatic rings. The van der Waals surface area contributed by atoms with Gasteiger partial charge in [-0.3, -0.25) is 19.9 Å². The summed E-state index contributed by atoms with van der Waals surface area (Å²) in [6, 6.07) is 12.1. The Kier molecular flexibility index (Phi) is 15.2. The standard InChI is InChI=1S/C9H7N.C4H10N2O.2C3H8O3S/c1-2-6-9-8(4-1)5-3-7-10-9;5-6-1-3-7-4-2-6;2*1-2-3-7(4,5)6/h1-7H;1-5H2;2*2-3H2,1H3,(H,4,5,6). The van der Waals surface area contributed by atoms with E-state index < -0.39 is 20.2 Å². The van der Waals surface area contributed by atoms with Crippen LogP contribution in [0.2, 0.25) is 0 Å². The van der Waals surface area contributed by atoms with Crippen molar-refractivity contribution in [3.8, 4) is 0 Å². The summed E-state index contributed by atoms with van der Waals surface area (Å²) in [5.41, 5.74) is 1.06. The lowest BCUT2D eigenvalue weighted by Gasteiger charge is -2.20. The quantitative estimate of drug-likeness (QED) is 0.437. The molecule has 0 saturated carbocycles. The predicted octanol–water partition coefficient (Wildman–Crippen LogP) is 2.00. The molecule has 10 nitrogen and oxygen atoms in total. The van der Waals surface area contributed by atoms with E-state index in [0.29, 0.717) is 12.8 Å². The number of nitrogens with two attached hydrogens (primary N) is 1. The molecule has 1 aliphatic heterocycles. The van der Waals surface area contributed by atoms with Gasteiger partial charge >= 0.3 is 0 Å². The predicted molar refractivity (Wildman–Crippen MR) is 122 cm³/mol. The molecule has 0 bridgehead atoms. The monoisotopic (exact) mass is 479 g/mol. The molecular weight excluding hydrogens is 446 g/mol. The Balaban J connectivity index is 0.000000395. The highest BCUT2D eigenvalue weighted by Crippen LogP contribution is 2.07. The fourth-order valence-electron chi connectivity index (χ4n) is 2.11. The molecule has 0 amide bonds. The number of fused-ring (bicyclic) bond motifs is 1. The first-order valence-electron chi connectivity index (χ1n) is 9.76. The van der Waals surface area contributed by atoms with Crippen molar-refractivity contribution in [2.75, 3.05) is 37.8 Å². The van der Waals surface area contributed by atoms with Gasteiger partial charge in [0.2, 0.25) is 0 Å². The van der Waals surface area contributed by atoms with Crippen LogP contribution in [-0.4, -0.2) is 73.7 Å². The largest absolute Gasteiger partial charge is 0.379 e. The van der Waals surface area contributed by atoms with Gasteiger partial charge in [0, 0.05) is 24.7 Å². The van der Waals surface area contributed by atoms with Crippen molar-refractivity contribution in [3.05, 3.63) is 42.6 Å². The van der Waals surface area contributed by atoms with Crippen LogP contribution in [0, 0.1) is 0 Å². The number of nitrogens with zero attached hydrogens (tertiary/aromatic N) is 2. The van der Waals surface area contributed by atoms with Crippen molar-refractivity contribution < 1.29 is 30.7 Å². The molecule has 0 unspecified atom stereocenters. The molecule has 31 heavy (non-hydrogen) atoms. The second kappa shape index (κ2) is 16.0. The number of para-hydroxylation sites is 1. The number of aromatic nitrogens is 1. The van der Waals surface area contributed by atoms with Gasteiger partial charge in [-0.05, 0) is 25.0 Å². The topological polar surface area (TPSA) is 160 Å². The highest BCUT2D eigenvalue weighted by atomic mass is 32.2. The summed E-state index contributed by atoms with van der Waals surface area (Å²) in [6.45, 7) is 6.70. The van der Waals surface area contributed by atoms with E-state index in [1.165, 1.54) is 5.39 Å². The lowest BCUT2D eigenvalue weighted by Crippen LogP contribution is -2.41. The zero-order valence-corrected chi connectivity index (χ0v) is 19.6. The summed E-state index contributed by atoms with van der Waals surface area (Å²) in [4.78, 5) is 4.18. The highest BCUT2D eigenvalue weighted by Gasteiger charge is 2.03. The van der Waals surface area contributed by atoms with Crippen LogP contribution in [-0.2, 0) is 25.0 Å². The second-order valence-corrected chi connectivity index (χ2v) is 9.56. The van der Waals surface area contributed by atoms with Gasteiger partial charge in [-0.2, -0.15) is 16.8 Å². The minimum absolute atomic E-state index is 0.132. The van der Waals surface area contributed by atoms with Gasteiger partial charge < -0.3 is 4.74 Å². The molecule has 2 heterocycles. The van der Waals surface area contributed by atoms with Crippen LogP contribution in [0.4, 0.5) is 0 Å². The van der Waals surface area contributed by atoms with E-state index in [4.69, 9.17) is 19.7 Å². The molecule has 1 aliphatic rings.